The number of carbonyl (C=O) groups excluding carboxylic acids is 1. The van der Waals surface area contributed by atoms with Crippen LogP contribution >= 0.6 is 7.92 Å². The van der Waals surface area contributed by atoms with E-state index in [0.29, 0.717) is 29.0 Å². The molecule has 4 aromatic rings. The maximum absolute atomic E-state index is 12.4. The number of carbonyl (C=O) groups is 1. The number of anilines is 6. The molecule has 2 heterocycles. The molecule has 1 aliphatic rings. The summed E-state index contributed by atoms with van der Waals surface area (Å²) in [5.41, 5.74) is 5.89. The molecule has 0 radical (unpaired) electrons. The van der Waals surface area contributed by atoms with Gasteiger partial charge in [0, 0.05) is 61.3 Å². The third-order valence-electron chi connectivity index (χ3n) is 7.45. The number of amides is 1. The molecule has 0 spiro atoms. The van der Waals surface area contributed by atoms with Crippen molar-refractivity contribution in [2.45, 2.75) is 18.8 Å². The summed E-state index contributed by atoms with van der Waals surface area (Å²) in [5.74, 6) is 1.87. The van der Waals surface area contributed by atoms with E-state index in [4.69, 9.17) is 9.72 Å². The van der Waals surface area contributed by atoms with E-state index in [2.05, 4.69) is 66.7 Å². The monoisotopic (exact) mass is 613 g/mol. The Labute approximate surface area is 259 Å². The highest BCUT2D eigenvalue weighted by Gasteiger charge is 2.28. The molecule has 5 rings (SSSR count). The molecule has 2 aromatic heterocycles. The Kier molecular flexibility index (Phi) is 9.56. The Hall–Kier alpha value is -4.34. The van der Waals surface area contributed by atoms with Gasteiger partial charge in [0.25, 0.3) is 0 Å². The third-order valence-corrected chi connectivity index (χ3v) is 8.80. The number of nitrogens with one attached hydrogen (secondary N) is 3. The van der Waals surface area contributed by atoms with Crippen molar-refractivity contribution in [1.82, 2.24) is 24.8 Å². The number of methoxy groups -OCH3 is 1. The molecule has 2 aromatic carbocycles. The zero-order valence-electron chi connectivity index (χ0n) is 26.2. The molecular weight excluding hydrogens is 573 g/mol. The van der Waals surface area contributed by atoms with Crippen LogP contribution in [0.15, 0.2) is 55.5 Å². The number of aromatic nitrogens is 4. The lowest BCUT2D eigenvalue weighted by Gasteiger charge is -2.26. The number of benzene rings is 2. The maximum Gasteiger partial charge on any atom is 0.247 e. The standard InChI is InChI=1S/C32H40N9O2P/c1-8-28(42)36-24-17-25(27(43-5)18-26(24)41(4)16-15-40(2)3)38-32-35-19-21(20-9-10-20)31(39-32)37-23-12-11-22-29(30(23)44(6)7)34-14-13-33-22/h8,11-14,17-20H,1,9-10,15-16H2,2-7H3,(H,36,42)(H2,35,37,38,39). The first-order valence-corrected chi connectivity index (χ1v) is 16.8. The van der Waals surface area contributed by atoms with Gasteiger partial charge in [0.15, 0.2) is 0 Å². The van der Waals surface area contributed by atoms with E-state index in [1.807, 2.05) is 45.5 Å². The molecule has 0 unspecified atom stereocenters. The highest BCUT2D eigenvalue weighted by Crippen LogP contribution is 2.44. The number of hydrogen-bond acceptors (Lipinski definition) is 10. The Morgan fingerprint density at radius 3 is 2.50 bits per heavy atom. The normalized spacial score (nSPS) is 12.8. The van der Waals surface area contributed by atoms with Gasteiger partial charge < -0.3 is 30.5 Å². The largest absolute Gasteiger partial charge is 0.494 e. The van der Waals surface area contributed by atoms with Gasteiger partial charge in [-0.1, -0.05) is 14.5 Å². The van der Waals surface area contributed by atoms with Crippen LogP contribution in [0.4, 0.5) is 34.5 Å². The Balaban J connectivity index is 1.52. The fraction of sp³-hybridized carbons (Fsp3) is 0.344. The summed E-state index contributed by atoms with van der Waals surface area (Å²) >= 11 is 0. The van der Waals surface area contributed by atoms with Crippen LogP contribution in [0.5, 0.6) is 5.75 Å². The first kappa shape index (κ1) is 31.1. The van der Waals surface area contributed by atoms with Crippen LogP contribution in [-0.4, -0.2) is 85.4 Å². The van der Waals surface area contributed by atoms with E-state index in [1.54, 1.807) is 19.5 Å². The minimum absolute atomic E-state index is 0.303. The number of rotatable bonds is 13. The van der Waals surface area contributed by atoms with Crippen molar-refractivity contribution >= 4 is 64.7 Å². The van der Waals surface area contributed by atoms with Crippen LogP contribution < -0.4 is 30.9 Å². The smallest absolute Gasteiger partial charge is 0.247 e. The molecule has 1 fully saturated rings. The molecule has 0 aliphatic heterocycles. The maximum atomic E-state index is 12.4. The summed E-state index contributed by atoms with van der Waals surface area (Å²) in [7, 11) is 7.16. The Morgan fingerprint density at radius 2 is 1.82 bits per heavy atom. The average molecular weight is 614 g/mol. The minimum Gasteiger partial charge on any atom is -0.494 e. The van der Waals surface area contributed by atoms with Crippen molar-refractivity contribution in [2.75, 3.05) is 75.5 Å². The lowest BCUT2D eigenvalue weighted by molar-refractivity contribution is -0.111. The highest BCUT2D eigenvalue weighted by molar-refractivity contribution is 7.65. The number of likely N-dealkylation sites (N-methyl/N-ethyl adjacent to an activating group) is 2. The van der Waals surface area contributed by atoms with Gasteiger partial charge in [-0.15, -0.1) is 0 Å². The molecule has 12 heteroatoms. The van der Waals surface area contributed by atoms with Crippen LogP contribution in [0.2, 0.25) is 0 Å². The summed E-state index contributed by atoms with van der Waals surface area (Å²) in [6, 6.07) is 7.80. The van der Waals surface area contributed by atoms with Gasteiger partial charge in [0.05, 0.1) is 35.2 Å². The fourth-order valence-electron chi connectivity index (χ4n) is 4.97. The van der Waals surface area contributed by atoms with Crippen molar-refractivity contribution in [3.05, 3.63) is 61.1 Å². The zero-order chi connectivity index (χ0) is 31.4. The molecule has 11 nitrogen and oxygen atoms in total. The van der Waals surface area contributed by atoms with Crippen LogP contribution in [-0.2, 0) is 4.79 Å². The second-order valence-electron chi connectivity index (χ2n) is 11.3. The van der Waals surface area contributed by atoms with E-state index < -0.39 is 7.92 Å². The molecule has 1 saturated carbocycles. The van der Waals surface area contributed by atoms with Crippen molar-refractivity contribution < 1.29 is 9.53 Å². The van der Waals surface area contributed by atoms with Crippen molar-refractivity contribution in [3.8, 4) is 5.75 Å². The number of ether oxygens (including phenoxy) is 1. The SMILES string of the molecule is C=CC(=O)Nc1cc(Nc2ncc(C3CC3)c(Nc3ccc4nccnc4c3P(C)C)n2)c(OC)cc1N(C)CCN(C)C. The van der Waals surface area contributed by atoms with Gasteiger partial charge in [-0.2, -0.15) is 4.98 Å². The summed E-state index contributed by atoms with van der Waals surface area (Å²) in [6.45, 7) is 9.64. The topological polar surface area (TPSA) is 120 Å². The van der Waals surface area contributed by atoms with Gasteiger partial charge in [0.2, 0.25) is 11.9 Å². The lowest BCUT2D eigenvalue weighted by Crippen LogP contribution is -2.29. The van der Waals surface area contributed by atoms with Gasteiger partial charge in [0.1, 0.15) is 11.6 Å². The first-order valence-electron chi connectivity index (χ1n) is 14.5. The zero-order valence-corrected chi connectivity index (χ0v) is 27.1. The minimum atomic E-state index is -0.492. The van der Waals surface area contributed by atoms with E-state index in [-0.39, 0.29) is 5.91 Å². The third kappa shape index (κ3) is 7.06. The summed E-state index contributed by atoms with van der Waals surface area (Å²) in [6.07, 6.45) is 8.82. The quantitative estimate of drug-likeness (QED) is 0.136. The van der Waals surface area contributed by atoms with Crippen molar-refractivity contribution in [2.24, 2.45) is 0 Å². The molecule has 0 bridgehead atoms. The summed E-state index contributed by atoms with van der Waals surface area (Å²) < 4.78 is 5.79. The lowest BCUT2D eigenvalue weighted by atomic mass is 10.2. The summed E-state index contributed by atoms with van der Waals surface area (Å²) in [5, 5.41) is 11.1. The molecule has 0 atom stereocenters. The highest BCUT2D eigenvalue weighted by atomic mass is 31.1. The number of hydrogen-bond donors (Lipinski definition) is 3. The van der Waals surface area contributed by atoms with Crippen molar-refractivity contribution in [1.29, 1.82) is 0 Å². The van der Waals surface area contributed by atoms with Crippen LogP contribution in [0.3, 0.4) is 0 Å². The van der Waals surface area contributed by atoms with Crippen molar-refractivity contribution in [3.63, 3.8) is 0 Å². The first-order chi connectivity index (χ1) is 21.2. The average Bonchev–Trinajstić information content (AvgIpc) is 3.85. The van der Waals surface area contributed by atoms with E-state index in [9.17, 15) is 4.79 Å². The molecule has 1 amide bonds. The van der Waals surface area contributed by atoms with Gasteiger partial charge >= 0.3 is 0 Å². The summed E-state index contributed by atoms with van der Waals surface area (Å²) in [4.78, 5) is 35.4. The van der Waals surface area contributed by atoms with Gasteiger partial charge in [-0.3, -0.25) is 14.8 Å². The van der Waals surface area contributed by atoms with E-state index in [0.717, 1.165) is 65.0 Å². The van der Waals surface area contributed by atoms with Crippen LogP contribution in [0, 0.1) is 0 Å². The number of nitrogens with zero attached hydrogens (tertiary/aromatic N) is 6. The van der Waals surface area contributed by atoms with Crippen LogP contribution in [0.1, 0.15) is 24.3 Å². The Morgan fingerprint density at radius 1 is 1.05 bits per heavy atom. The molecular formula is C32H40N9O2P. The van der Waals surface area contributed by atoms with E-state index in [1.165, 1.54) is 6.08 Å². The Bertz CT molecular complexity index is 1670. The molecule has 0 saturated heterocycles. The molecule has 1 aliphatic carbocycles. The second kappa shape index (κ2) is 13.5. The predicted molar refractivity (Wildman–Crippen MR) is 182 cm³/mol. The predicted octanol–water partition coefficient (Wildman–Crippen LogP) is 5.28. The molecule has 3 N–H and O–H groups in total. The fourth-order valence-corrected chi connectivity index (χ4v) is 6.18. The van der Waals surface area contributed by atoms with E-state index >= 15 is 0 Å². The molecule has 230 valence electrons. The van der Waals surface area contributed by atoms with Gasteiger partial charge in [-0.05, 0) is 70.5 Å². The second-order valence-corrected chi connectivity index (χ2v) is 13.5. The molecule has 44 heavy (non-hydrogen) atoms. The number of fused-ring (bicyclic) bond motifs is 1. The van der Waals surface area contributed by atoms with Crippen LogP contribution in [0.25, 0.3) is 11.0 Å². The van der Waals surface area contributed by atoms with Gasteiger partial charge in [-0.25, -0.2) is 4.98 Å².